The molecule has 23 heavy (non-hydrogen) atoms. The summed E-state index contributed by atoms with van der Waals surface area (Å²) in [5, 5.41) is 13.2. The van der Waals surface area contributed by atoms with E-state index in [0.29, 0.717) is 24.2 Å². The summed E-state index contributed by atoms with van der Waals surface area (Å²) in [7, 11) is 0. The second-order valence-electron chi connectivity index (χ2n) is 5.81. The van der Waals surface area contributed by atoms with Gasteiger partial charge in [0.15, 0.2) is 0 Å². The topological polar surface area (TPSA) is 70.5 Å². The summed E-state index contributed by atoms with van der Waals surface area (Å²) in [4.78, 5) is 30.1. The van der Waals surface area contributed by atoms with Crippen LogP contribution in [0.25, 0.3) is 11.3 Å². The zero-order valence-electron chi connectivity index (χ0n) is 13.0. The monoisotopic (exact) mass is 330 g/mol. The van der Waals surface area contributed by atoms with Crippen molar-refractivity contribution in [1.29, 1.82) is 0 Å². The first kappa shape index (κ1) is 15.7. The highest BCUT2D eigenvalue weighted by atomic mass is 32.1. The van der Waals surface area contributed by atoms with Crippen molar-refractivity contribution in [1.82, 2.24) is 9.88 Å². The summed E-state index contributed by atoms with van der Waals surface area (Å²) in [6.07, 6.45) is 0.502. The van der Waals surface area contributed by atoms with E-state index < -0.39 is 11.9 Å². The number of carboxylic acids is 1. The van der Waals surface area contributed by atoms with Crippen LogP contribution in [0.4, 0.5) is 0 Å². The van der Waals surface area contributed by atoms with Crippen molar-refractivity contribution in [2.24, 2.45) is 5.92 Å². The fourth-order valence-electron chi connectivity index (χ4n) is 3.07. The molecule has 2 unspecified atom stereocenters. The van der Waals surface area contributed by atoms with Gasteiger partial charge in [-0.1, -0.05) is 0 Å². The summed E-state index contributed by atoms with van der Waals surface area (Å²) in [5.74, 6) is -1.46. The van der Waals surface area contributed by atoms with Crippen molar-refractivity contribution >= 4 is 23.2 Å². The molecule has 2 atom stereocenters. The first-order chi connectivity index (χ1) is 11.0. The van der Waals surface area contributed by atoms with E-state index >= 15 is 0 Å². The minimum absolute atomic E-state index is 0.136. The van der Waals surface area contributed by atoms with Crippen LogP contribution in [-0.2, 0) is 4.79 Å². The van der Waals surface area contributed by atoms with Crippen LogP contribution < -0.4 is 0 Å². The Morgan fingerprint density at radius 3 is 2.70 bits per heavy atom. The first-order valence-electron chi connectivity index (χ1n) is 7.53. The minimum atomic E-state index is -0.838. The van der Waals surface area contributed by atoms with Crippen LogP contribution in [0.3, 0.4) is 0 Å². The van der Waals surface area contributed by atoms with Crippen molar-refractivity contribution in [3.8, 4) is 11.3 Å². The van der Waals surface area contributed by atoms with Crippen molar-refractivity contribution in [3.05, 3.63) is 40.2 Å². The summed E-state index contributed by atoms with van der Waals surface area (Å²) < 4.78 is 0. The number of likely N-dealkylation sites (tertiary alicyclic amines) is 1. The second-order valence-corrected chi connectivity index (χ2v) is 6.59. The number of aromatic nitrogens is 1. The van der Waals surface area contributed by atoms with Crippen molar-refractivity contribution in [3.63, 3.8) is 0 Å². The summed E-state index contributed by atoms with van der Waals surface area (Å²) in [6, 6.07) is 5.33. The van der Waals surface area contributed by atoms with Gasteiger partial charge in [-0.3, -0.25) is 14.6 Å². The number of nitrogens with zero attached hydrogens (tertiary/aromatic N) is 2. The molecule has 2 aromatic rings. The molecule has 0 spiro atoms. The maximum atomic E-state index is 12.7. The minimum Gasteiger partial charge on any atom is -0.481 e. The molecule has 0 radical (unpaired) electrons. The van der Waals surface area contributed by atoms with E-state index in [-0.39, 0.29) is 11.9 Å². The standard InChI is InChI=1S/C17H18N2O3S/c1-10-13(3-4-15(18-10)12-6-8-23-9-12)16(20)19-7-5-14(11(19)2)17(21)22/h3-4,6,8-9,11,14H,5,7H2,1-2H3,(H,21,22). The van der Waals surface area contributed by atoms with E-state index in [1.165, 1.54) is 0 Å². The van der Waals surface area contributed by atoms with E-state index in [4.69, 9.17) is 0 Å². The predicted molar refractivity (Wildman–Crippen MR) is 88.5 cm³/mol. The smallest absolute Gasteiger partial charge is 0.308 e. The van der Waals surface area contributed by atoms with Crippen LogP contribution in [0, 0.1) is 12.8 Å². The van der Waals surface area contributed by atoms with Gasteiger partial charge < -0.3 is 10.0 Å². The normalized spacial score (nSPS) is 20.7. The molecular weight excluding hydrogens is 312 g/mol. The molecule has 3 heterocycles. The Hall–Kier alpha value is -2.21. The summed E-state index contributed by atoms with van der Waals surface area (Å²) in [5.41, 5.74) is 3.10. The third-order valence-corrected chi connectivity index (χ3v) is 5.15. The Bertz CT molecular complexity index is 742. The fraction of sp³-hybridized carbons (Fsp3) is 0.353. The Kier molecular flexibility index (Phi) is 4.17. The largest absolute Gasteiger partial charge is 0.481 e. The van der Waals surface area contributed by atoms with Crippen molar-refractivity contribution in [2.45, 2.75) is 26.3 Å². The Balaban J connectivity index is 1.85. The van der Waals surface area contributed by atoms with E-state index in [9.17, 15) is 14.7 Å². The molecule has 6 heteroatoms. The number of rotatable bonds is 3. The number of carbonyl (C=O) groups is 2. The molecule has 1 aliphatic heterocycles. The number of pyridine rings is 1. The number of aliphatic carboxylic acids is 1. The number of hydrogen-bond donors (Lipinski definition) is 1. The van der Waals surface area contributed by atoms with Gasteiger partial charge in [0.05, 0.1) is 22.9 Å². The van der Waals surface area contributed by atoms with Gasteiger partial charge in [0.1, 0.15) is 0 Å². The fourth-order valence-corrected chi connectivity index (χ4v) is 3.72. The number of hydrogen-bond acceptors (Lipinski definition) is 4. The SMILES string of the molecule is Cc1nc(-c2ccsc2)ccc1C(=O)N1CCC(C(=O)O)C1C. The van der Waals surface area contributed by atoms with Crippen LogP contribution in [0.15, 0.2) is 29.0 Å². The van der Waals surface area contributed by atoms with Crippen LogP contribution in [0.1, 0.15) is 29.4 Å². The molecule has 0 saturated carbocycles. The Morgan fingerprint density at radius 1 is 1.35 bits per heavy atom. The molecule has 1 fully saturated rings. The zero-order chi connectivity index (χ0) is 16.6. The average Bonchev–Trinajstić information content (AvgIpc) is 3.15. The van der Waals surface area contributed by atoms with Gasteiger partial charge in [-0.15, -0.1) is 0 Å². The average molecular weight is 330 g/mol. The molecule has 1 N–H and O–H groups in total. The van der Waals surface area contributed by atoms with E-state index in [1.54, 1.807) is 29.2 Å². The molecular formula is C17H18N2O3S. The van der Waals surface area contributed by atoms with Crippen molar-refractivity contribution < 1.29 is 14.7 Å². The lowest BCUT2D eigenvalue weighted by atomic mass is 10.0. The lowest BCUT2D eigenvalue weighted by Gasteiger charge is -2.24. The quantitative estimate of drug-likeness (QED) is 0.939. The highest BCUT2D eigenvalue weighted by molar-refractivity contribution is 7.08. The first-order valence-corrected chi connectivity index (χ1v) is 8.47. The molecule has 1 saturated heterocycles. The maximum absolute atomic E-state index is 12.7. The van der Waals surface area contributed by atoms with Crippen LogP contribution in [0.5, 0.6) is 0 Å². The second kappa shape index (κ2) is 6.12. The number of amides is 1. The van der Waals surface area contributed by atoms with Crippen molar-refractivity contribution in [2.75, 3.05) is 6.54 Å². The Morgan fingerprint density at radius 2 is 2.13 bits per heavy atom. The van der Waals surface area contributed by atoms with E-state index in [0.717, 1.165) is 11.3 Å². The molecule has 2 aromatic heterocycles. The van der Waals surface area contributed by atoms with Gasteiger partial charge in [-0.25, -0.2) is 0 Å². The van der Waals surface area contributed by atoms with Gasteiger partial charge in [0.25, 0.3) is 5.91 Å². The molecule has 120 valence electrons. The molecule has 1 aliphatic rings. The van der Waals surface area contributed by atoms with Gasteiger partial charge >= 0.3 is 5.97 Å². The highest BCUT2D eigenvalue weighted by Crippen LogP contribution is 2.27. The Labute approximate surface area is 138 Å². The predicted octanol–water partition coefficient (Wildman–Crippen LogP) is 3.05. The maximum Gasteiger partial charge on any atom is 0.308 e. The van der Waals surface area contributed by atoms with Gasteiger partial charge in [0, 0.05) is 23.5 Å². The molecule has 3 rings (SSSR count). The summed E-state index contributed by atoms with van der Waals surface area (Å²) >= 11 is 1.60. The van der Waals surface area contributed by atoms with Gasteiger partial charge in [-0.2, -0.15) is 11.3 Å². The van der Waals surface area contributed by atoms with Crippen LogP contribution >= 0.6 is 11.3 Å². The molecule has 0 aliphatic carbocycles. The number of thiophene rings is 1. The zero-order valence-corrected chi connectivity index (χ0v) is 13.8. The van der Waals surface area contributed by atoms with Gasteiger partial charge in [0.2, 0.25) is 0 Å². The summed E-state index contributed by atoms with van der Waals surface area (Å²) in [6.45, 7) is 4.09. The van der Waals surface area contributed by atoms with Gasteiger partial charge in [-0.05, 0) is 43.8 Å². The number of aryl methyl sites for hydroxylation is 1. The molecule has 0 bridgehead atoms. The number of carbonyl (C=O) groups excluding carboxylic acids is 1. The lowest BCUT2D eigenvalue weighted by Crippen LogP contribution is -2.38. The van der Waals surface area contributed by atoms with E-state index in [1.807, 2.05) is 29.8 Å². The molecule has 5 nitrogen and oxygen atoms in total. The third-order valence-electron chi connectivity index (χ3n) is 4.47. The number of carboxylic acid groups (broad SMARTS) is 1. The van der Waals surface area contributed by atoms with Crippen LogP contribution in [0.2, 0.25) is 0 Å². The third kappa shape index (κ3) is 2.86. The molecule has 1 amide bonds. The van der Waals surface area contributed by atoms with E-state index in [2.05, 4.69) is 4.98 Å². The van der Waals surface area contributed by atoms with Crippen LogP contribution in [-0.4, -0.2) is 39.5 Å². The highest BCUT2D eigenvalue weighted by Gasteiger charge is 2.38. The molecule has 0 aromatic carbocycles. The lowest BCUT2D eigenvalue weighted by molar-refractivity contribution is -0.142.